The van der Waals surface area contributed by atoms with Gasteiger partial charge in [-0.25, -0.2) is 0 Å². The van der Waals surface area contributed by atoms with E-state index in [9.17, 15) is 9.59 Å². The van der Waals surface area contributed by atoms with Crippen LogP contribution in [0.4, 0.5) is 5.69 Å². The number of nitrogens with zero attached hydrogens (tertiary/aromatic N) is 1. The van der Waals surface area contributed by atoms with Crippen LogP contribution in [-0.2, 0) is 9.59 Å². The first-order valence-corrected chi connectivity index (χ1v) is 6.74. The zero-order chi connectivity index (χ0) is 15.5. The molecular formula is C16H24N2O2. The largest absolute Gasteiger partial charge is 0.336 e. The normalized spacial score (nSPS) is 11.1. The number of benzene rings is 1. The molecule has 0 unspecified atom stereocenters. The van der Waals surface area contributed by atoms with Gasteiger partial charge in [-0.2, -0.15) is 0 Å². The minimum absolute atomic E-state index is 0.0476. The van der Waals surface area contributed by atoms with E-state index in [1.807, 2.05) is 52.8 Å². The molecule has 0 aromatic heterocycles. The highest BCUT2D eigenvalue weighted by Crippen LogP contribution is 2.19. The Morgan fingerprint density at radius 2 is 1.80 bits per heavy atom. The molecule has 0 saturated heterocycles. The maximum Gasteiger partial charge on any atom is 0.243 e. The molecular weight excluding hydrogens is 252 g/mol. The molecule has 4 nitrogen and oxygen atoms in total. The Morgan fingerprint density at radius 3 is 2.35 bits per heavy atom. The third-order valence-electron chi connectivity index (χ3n) is 3.25. The van der Waals surface area contributed by atoms with Gasteiger partial charge in [-0.1, -0.05) is 32.9 Å². The van der Waals surface area contributed by atoms with Gasteiger partial charge in [0.15, 0.2) is 0 Å². The second-order valence-electron chi connectivity index (χ2n) is 6.21. The standard InChI is InChI=1S/C16H24N2O2/c1-11-8-7-9-13(12(11)2)17-14(19)10-18(6)15(20)16(3,4)5/h7-9H,10H2,1-6H3,(H,17,19). The Kier molecular flexibility index (Phi) is 4.93. The summed E-state index contributed by atoms with van der Waals surface area (Å²) in [5.41, 5.74) is 2.49. The van der Waals surface area contributed by atoms with Crippen molar-refractivity contribution in [3.05, 3.63) is 29.3 Å². The summed E-state index contributed by atoms with van der Waals surface area (Å²) in [7, 11) is 1.65. The van der Waals surface area contributed by atoms with Gasteiger partial charge in [-0.3, -0.25) is 9.59 Å². The van der Waals surface area contributed by atoms with Gasteiger partial charge in [0, 0.05) is 18.2 Å². The maximum absolute atomic E-state index is 12.0. The Morgan fingerprint density at radius 1 is 1.20 bits per heavy atom. The highest BCUT2D eigenvalue weighted by Gasteiger charge is 2.26. The van der Waals surface area contributed by atoms with Crippen molar-refractivity contribution in [2.24, 2.45) is 5.41 Å². The van der Waals surface area contributed by atoms with Crippen molar-refractivity contribution in [1.82, 2.24) is 4.90 Å². The van der Waals surface area contributed by atoms with Crippen LogP contribution in [0.25, 0.3) is 0 Å². The number of anilines is 1. The average Bonchev–Trinajstić information content (AvgIpc) is 2.32. The van der Waals surface area contributed by atoms with Gasteiger partial charge in [-0.15, -0.1) is 0 Å². The highest BCUT2D eigenvalue weighted by molar-refractivity contribution is 5.95. The van der Waals surface area contributed by atoms with Crippen molar-refractivity contribution in [3.8, 4) is 0 Å². The molecule has 1 rings (SSSR count). The minimum Gasteiger partial charge on any atom is -0.336 e. The first-order valence-electron chi connectivity index (χ1n) is 6.74. The SMILES string of the molecule is Cc1cccc(NC(=O)CN(C)C(=O)C(C)(C)C)c1C. The molecule has 0 bridgehead atoms. The van der Waals surface area contributed by atoms with Gasteiger partial charge in [0.25, 0.3) is 0 Å². The van der Waals surface area contributed by atoms with Crippen molar-refractivity contribution in [1.29, 1.82) is 0 Å². The fourth-order valence-corrected chi connectivity index (χ4v) is 1.94. The number of hydrogen-bond acceptors (Lipinski definition) is 2. The lowest BCUT2D eigenvalue weighted by Crippen LogP contribution is -2.41. The summed E-state index contributed by atoms with van der Waals surface area (Å²) in [6, 6.07) is 5.77. The Balaban J connectivity index is 2.69. The quantitative estimate of drug-likeness (QED) is 0.923. The van der Waals surface area contributed by atoms with Gasteiger partial charge in [-0.05, 0) is 31.0 Å². The van der Waals surface area contributed by atoms with Crippen LogP contribution in [0.2, 0.25) is 0 Å². The van der Waals surface area contributed by atoms with Gasteiger partial charge in [0.1, 0.15) is 0 Å². The van der Waals surface area contributed by atoms with Crippen molar-refractivity contribution in [2.75, 3.05) is 18.9 Å². The third kappa shape index (κ3) is 4.08. The first kappa shape index (κ1) is 16.2. The van der Waals surface area contributed by atoms with Gasteiger partial charge >= 0.3 is 0 Å². The van der Waals surface area contributed by atoms with Crippen molar-refractivity contribution < 1.29 is 9.59 Å². The van der Waals surface area contributed by atoms with Crippen LogP contribution in [0.1, 0.15) is 31.9 Å². The maximum atomic E-state index is 12.0. The number of hydrogen-bond donors (Lipinski definition) is 1. The summed E-state index contributed by atoms with van der Waals surface area (Å²) in [5, 5.41) is 2.86. The molecule has 0 heterocycles. The van der Waals surface area contributed by atoms with E-state index in [1.54, 1.807) is 7.05 Å². The first-order chi connectivity index (χ1) is 9.12. The van der Waals surface area contributed by atoms with E-state index in [0.29, 0.717) is 0 Å². The fourth-order valence-electron chi connectivity index (χ4n) is 1.94. The molecule has 0 aliphatic heterocycles. The number of rotatable bonds is 3. The van der Waals surface area contributed by atoms with E-state index in [0.717, 1.165) is 16.8 Å². The van der Waals surface area contributed by atoms with Crippen LogP contribution >= 0.6 is 0 Å². The molecule has 0 saturated carbocycles. The van der Waals surface area contributed by atoms with Crippen molar-refractivity contribution in [2.45, 2.75) is 34.6 Å². The number of nitrogens with one attached hydrogen (secondary N) is 1. The predicted octanol–water partition coefficient (Wildman–Crippen LogP) is 2.75. The Labute approximate surface area is 121 Å². The smallest absolute Gasteiger partial charge is 0.243 e. The summed E-state index contributed by atoms with van der Waals surface area (Å²) in [6.07, 6.45) is 0. The second kappa shape index (κ2) is 6.07. The molecule has 0 spiro atoms. The summed E-state index contributed by atoms with van der Waals surface area (Å²) < 4.78 is 0. The number of amides is 2. The molecule has 0 radical (unpaired) electrons. The van der Waals surface area contributed by atoms with Crippen molar-refractivity contribution >= 4 is 17.5 Å². The lowest BCUT2D eigenvalue weighted by atomic mass is 9.95. The predicted molar refractivity (Wildman–Crippen MR) is 81.6 cm³/mol. The summed E-state index contributed by atoms with van der Waals surface area (Å²) in [5.74, 6) is -0.229. The summed E-state index contributed by atoms with van der Waals surface area (Å²) in [4.78, 5) is 25.5. The summed E-state index contributed by atoms with van der Waals surface area (Å²) >= 11 is 0. The zero-order valence-electron chi connectivity index (χ0n) is 13.2. The molecule has 110 valence electrons. The van der Waals surface area contributed by atoms with Crippen LogP contribution in [0.5, 0.6) is 0 Å². The molecule has 1 N–H and O–H groups in total. The van der Waals surface area contributed by atoms with E-state index in [-0.39, 0.29) is 18.4 Å². The monoisotopic (exact) mass is 276 g/mol. The van der Waals surface area contributed by atoms with Crippen LogP contribution in [0.15, 0.2) is 18.2 Å². The molecule has 2 amide bonds. The van der Waals surface area contributed by atoms with Crippen LogP contribution < -0.4 is 5.32 Å². The van der Waals surface area contributed by atoms with Crippen LogP contribution in [0.3, 0.4) is 0 Å². The molecule has 0 aliphatic carbocycles. The number of likely N-dealkylation sites (N-methyl/N-ethyl adjacent to an activating group) is 1. The van der Waals surface area contributed by atoms with Gasteiger partial charge in [0.05, 0.1) is 6.54 Å². The molecule has 0 atom stereocenters. The fraction of sp³-hybridized carbons (Fsp3) is 0.500. The number of carbonyl (C=O) groups excluding carboxylic acids is 2. The molecule has 4 heteroatoms. The minimum atomic E-state index is -0.478. The topological polar surface area (TPSA) is 49.4 Å². The van der Waals surface area contributed by atoms with E-state index in [2.05, 4.69) is 5.32 Å². The van der Waals surface area contributed by atoms with Crippen molar-refractivity contribution in [3.63, 3.8) is 0 Å². The number of carbonyl (C=O) groups is 2. The highest BCUT2D eigenvalue weighted by atomic mass is 16.2. The Bertz CT molecular complexity index is 516. The number of aryl methyl sites for hydroxylation is 1. The van der Waals surface area contributed by atoms with Crippen LogP contribution in [0, 0.1) is 19.3 Å². The van der Waals surface area contributed by atoms with Gasteiger partial charge < -0.3 is 10.2 Å². The molecule has 20 heavy (non-hydrogen) atoms. The molecule has 1 aromatic rings. The molecule has 0 fully saturated rings. The molecule has 0 aliphatic rings. The van der Waals surface area contributed by atoms with E-state index < -0.39 is 5.41 Å². The third-order valence-corrected chi connectivity index (χ3v) is 3.25. The zero-order valence-corrected chi connectivity index (χ0v) is 13.2. The average molecular weight is 276 g/mol. The Hall–Kier alpha value is -1.84. The van der Waals surface area contributed by atoms with E-state index >= 15 is 0 Å². The summed E-state index contributed by atoms with van der Waals surface area (Å²) in [6.45, 7) is 9.55. The van der Waals surface area contributed by atoms with Crippen LogP contribution in [-0.4, -0.2) is 30.3 Å². The lowest BCUT2D eigenvalue weighted by Gasteiger charge is -2.25. The van der Waals surface area contributed by atoms with Gasteiger partial charge in [0.2, 0.25) is 11.8 Å². The lowest BCUT2D eigenvalue weighted by molar-refractivity contribution is -0.140. The second-order valence-corrected chi connectivity index (χ2v) is 6.21. The molecule has 1 aromatic carbocycles. The van der Waals surface area contributed by atoms with E-state index in [4.69, 9.17) is 0 Å². The van der Waals surface area contributed by atoms with E-state index in [1.165, 1.54) is 4.90 Å².